The Morgan fingerprint density at radius 1 is 1.04 bits per heavy atom. The molecule has 0 saturated carbocycles. The van der Waals surface area contributed by atoms with Crippen molar-refractivity contribution in [2.24, 2.45) is 5.92 Å². The molecular weight excluding hydrogens is 286 g/mol. The lowest BCUT2D eigenvalue weighted by atomic mass is 10.0. The van der Waals surface area contributed by atoms with Crippen LogP contribution in [0.4, 0.5) is 0 Å². The molecule has 3 rings (SSSR count). The van der Waals surface area contributed by atoms with E-state index < -0.39 is 0 Å². The quantitative estimate of drug-likeness (QED) is 0.851. The second-order valence-corrected chi connectivity index (χ2v) is 7.13. The first-order chi connectivity index (χ1) is 11.2. The highest BCUT2D eigenvalue weighted by Gasteiger charge is 2.24. The topological polar surface area (TPSA) is 26.8 Å². The fraction of sp³-hybridized carbons (Fsp3) is 0.632. The number of carbonyl (C=O) groups is 1. The zero-order valence-corrected chi connectivity index (χ0v) is 14.3. The first-order valence-corrected chi connectivity index (χ1v) is 8.97. The second-order valence-electron chi connectivity index (χ2n) is 7.13. The zero-order chi connectivity index (χ0) is 16.1. The van der Waals surface area contributed by atoms with Crippen LogP contribution < -0.4 is 0 Å². The van der Waals surface area contributed by atoms with Crippen LogP contribution in [0, 0.1) is 5.92 Å². The van der Waals surface area contributed by atoms with Crippen molar-refractivity contribution in [3.8, 4) is 0 Å². The van der Waals surface area contributed by atoms with Gasteiger partial charge in [-0.3, -0.25) is 14.6 Å². The molecular formula is C19H29N3O. The number of likely N-dealkylation sites (tertiary alicyclic amines) is 1. The summed E-state index contributed by atoms with van der Waals surface area (Å²) in [7, 11) is 0. The Balaban J connectivity index is 1.41. The van der Waals surface area contributed by atoms with Gasteiger partial charge in [-0.2, -0.15) is 0 Å². The molecule has 126 valence electrons. The minimum absolute atomic E-state index is 0.327. The molecule has 2 aliphatic heterocycles. The van der Waals surface area contributed by atoms with Crippen molar-refractivity contribution in [1.29, 1.82) is 0 Å². The van der Waals surface area contributed by atoms with Crippen molar-refractivity contribution in [3.05, 3.63) is 35.9 Å². The zero-order valence-electron chi connectivity index (χ0n) is 14.3. The van der Waals surface area contributed by atoms with Crippen molar-refractivity contribution in [2.75, 3.05) is 45.8 Å². The Bertz CT molecular complexity index is 497. The lowest BCUT2D eigenvalue weighted by molar-refractivity contribution is -0.134. The van der Waals surface area contributed by atoms with Crippen molar-refractivity contribution < 1.29 is 4.79 Å². The molecule has 1 atom stereocenters. The molecule has 2 heterocycles. The van der Waals surface area contributed by atoms with E-state index in [0.29, 0.717) is 18.4 Å². The average Bonchev–Trinajstić information content (AvgIpc) is 2.57. The van der Waals surface area contributed by atoms with E-state index in [2.05, 4.69) is 52.0 Å². The molecule has 23 heavy (non-hydrogen) atoms. The molecule has 1 unspecified atom stereocenters. The van der Waals surface area contributed by atoms with E-state index >= 15 is 0 Å². The van der Waals surface area contributed by atoms with Gasteiger partial charge in [0.05, 0.1) is 6.54 Å². The van der Waals surface area contributed by atoms with Crippen LogP contribution in [0.5, 0.6) is 0 Å². The highest BCUT2D eigenvalue weighted by molar-refractivity contribution is 5.78. The van der Waals surface area contributed by atoms with Gasteiger partial charge in [0.1, 0.15) is 0 Å². The summed E-state index contributed by atoms with van der Waals surface area (Å²) in [6.45, 7) is 9.89. The molecule has 0 aromatic heterocycles. The van der Waals surface area contributed by atoms with Gasteiger partial charge in [0.25, 0.3) is 0 Å². The Morgan fingerprint density at radius 2 is 1.74 bits per heavy atom. The lowest BCUT2D eigenvalue weighted by Gasteiger charge is -2.37. The van der Waals surface area contributed by atoms with Crippen LogP contribution in [0.2, 0.25) is 0 Å². The number of rotatable bonds is 4. The van der Waals surface area contributed by atoms with E-state index in [9.17, 15) is 4.79 Å². The fourth-order valence-corrected chi connectivity index (χ4v) is 3.65. The Hall–Kier alpha value is -1.39. The fourth-order valence-electron chi connectivity index (χ4n) is 3.65. The van der Waals surface area contributed by atoms with Crippen LogP contribution in [0.15, 0.2) is 30.3 Å². The molecule has 1 amide bonds. The SMILES string of the molecule is CC1CCCN(C(=O)CN2CCN(Cc3ccccc3)CC2)C1. The van der Waals surface area contributed by atoms with Crippen LogP contribution in [-0.4, -0.2) is 66.4 Å². The first-order valence-electron chi connectivity index (χ1n) is 8.97. The largest absolute Gasteiger partial charge is 0.341 e. The maximum Gasteiger partial charge on any atom is 0.236 e. The van der Waals surface area contributed by atoms with Crippen molar-refractivity contribution in [1.82, 2.24) is 14.7 Å². The van der Waals surface area contributed by atoms with Gasteiger partial charge < -0.3 is 4.90 Å². The molecule has 2 fully saturated rings. The van der Waals surface area contributed by atoms with E-state index in [4.69, 9.17) is 0 Å². The summed E-state index contributed by atoms with van der Waals surface area (Å²) >= 11 is 0. The summed E-state index contributed by atoms with van der Waals surface area (Å²) in [4.78, 5) is 19.3. The number of hydrogen-bond acceptors (Lipinski definition) is 3. The highest BCUT2D eigenvalue weighted by atomic mass is 16.2. The Kier molecular flexibility index (Phi) is 5.68. The van der Waals surface area contributed by atoms with Crippen LogP contribution in [0.3, 0.4) is 0 Å². The van der Waals surface area contributed by atoms with Crippen molar-refractivity contribution in [3.63, 3.8) is 0 Å². The third-order valence-electron chi connectivity index (χ3n) is 5.08. The van der Waals surface area contributed by atoms with Gasteiger partial charge in [0.2, 0.25) is 5.91 Å². The molecule has 2 aliphatic rings. The standard InChI is InChI=1S/C19H29N3O/c1-17-6-5-9-22(14-17)19(23)16-21-12-10-20(11-13-21)15-18-7-3-2-4-8-18/h2-4,7-8,17H,5-6,9-16H2,1H3. The molecule has 4 nitrogen and oxygen atoms in total. The molecule has 1 aromatic carbocycles. The second kappa shape index (κ2) is 7.93. The van der Waals surface area contributed by atoms with Gasteiger partial charge >= 0.3 is 0 Å². The normalized spacial score (nSPS) is 23.9. The summed E-state index contributed by atoms with van der Waals surface area (Å²) in [6, 6.07) is 10.6. The van der Waals surface area contributed by atoms with Crippen molar-refractivity contribution >= 4 is 5.91 Å². The minimum atomic E-state index is 0.327. The highest BCUT2D eigenvalue weighted by Crippen LogP contribution is 2.16. The minimum Gasteiger partial charge on any atom is -0.341 e. The third-order valence-corrected chi connectivity index (χ3v) is 5.08. The van der Waals surface area contributed by atoms with Gasteiger partial charge in [-0.05, 0) is 24.3 Å². The van der Waals surface area contributed by atoms with Gasteiger partial charge in [-0.15, -0.1) is 0 Å². The van der Waals surface area contributed by atoms with E-state index in [0.717, 1.165) is 52.2 Å². The van der Waals surface area contributed by atoms with Crippen LogP contribution in [0.1, 0.15) is 25.3 Å². The average molecular weight is 315 g/mol. The number of hydrogen-bond donors (Lipinski definition) is 0. The molecule has 1 aromatic rings. The van der Waals surface area contributed by atoms with Crippen LogP contribution >= 0.6 is 0 Å². The molecule has 0 aliphatic carbocycles. The molecule has 0 radical (unpaired) electrons. The summed E-state index contributed by atoms with van der Waals surface area (Å²) in [5, 5.41) is 0. The molecule has 0 spiro atoms. The smallest absolute Gasteiger partial charge is 0.236 e. The van der Waals surface area contributed by atoms with Gasteiger partial charge in [-0.25, -0.2) is 0 Å². The number of benzene rings is 1. The molecule has 4 heteroatoms. The molecule has 2 saturated heterocycles. The summed E-state index contributed by atoms with van der Waals surface area (Å²) in [6.07, 6.45) is 2.43. The molecule has 0 bridgehead atoms. The van der Waals surface area contributed by atoms with E-state index in [-0.39, 0.29) is 0 Å². The first kappa shape index (κ1) is 16.5. The predicted octanol–water partition coefficient (Wildman–Crippen LogP) is 2.06. The Labute approximate surface area is 140 Å². The van der Waals surface area contributed by atoms with E-state index in [1.54, 1.807) is 0 Å². The number of amides is 1. The lowest BCUT2D eigenvalue weighted by Crippen LogP contribution is -2.50. The van der Waals surface area contributed by atoms with E-state index in [1.807, 2.05) is 0 Å². The number of nitrogens with zero attached hydrogens (tertiary/aromatic N) is 3. The van der Waals surface area contributed by atoms with Gasteiger partial charge in [0, 0.05) is 45.8 Å². The van der Waals surface area contributed by atoms with Gasteiger partial charge in [-0.1, -0.05) is 37.3 Å². The molecule has 0 N–H and O–H groups in total. The van der Waals surface area contributed by atoms with Crippen LogP contribution in [-0.2, 0) is 11.3 Å². The van der Waals surface area contributed by atoms with Crippen LogP contribution in [0.25, 0.3) is 0 Å². The predicted molar refractivity (Wildman–Crippen MR) is 93.1 cm³/mol. The van der Waals surface area contributed by atoms with Gasteiger partial charge in [0.15, 0.2) is 0 Å². The third kappa shape index (κ3) is 4.79. The summed E-state index contributed by atoms with van der Waals surface area (Å²) in [5.41, 5.74) is 1.37. The number of piperidine rings is 1. The maximum atomic E-state index is 12.5. The van der Waals surface area contributed by atoms with Crippen molar-refractivity contribution in [2.45, 2.75) is 26.3 Å². The summed E-state index contributed by atoms with van der Waals surface area (Å²) in [5.74, 6) is 0.989. The number of piperazine rings is 1. The summed E-state index contributed by atoms with van der Waals surface area (Å²) < 4.78 is 0. The maximum absolute atomic E-state index is 12.5. The Morgan fingerprint density at radius 3 is 2.43 bits per heavy atom. The van der Waals surface area contributed by atoms with E-state index in [1.165, 1.54) is 12.0 Å². The number of carbonyl (C=O) groups excluding carboxylic acids is 1. The monoisotopic (exact) mass is 315 g/mol.